The van der Waals surface area contributed by atoms with Crippen molar-refractivity contribution in [2.45, 2.75) is 254 Å². The van der Waals surface area contributed by atoms with Gasteiger partial charge in [0.2, 0.25) is 5.91 Å². The van der Waals surface area contributed by atoms with Gasteiger partial charge in [0, 0.05) is 6.42 Å². The molecule has 0 saturated carbocycles. The van der Waals surface area contributed by atoms with Crippen LogP contribution in [0, 0.1) is 0 Å². The van der Waals surface area contributed by atoms with Gasteiger partial charge in [-0.05, 0) is 19.3 Å². The highest BCUT2D eigenvalue weighted by Crippen LogP contribution is 2.30. The fourth-order valence-corrected chi connectivity index (χ4v) is 8.00. The van der Waals surface area contributed by atoms with E-state index in [0.29, 0.717) is 6.42 Å². The molecule has 12 atom stereocenters. The maximum absolute atomic E-state index is 13.1. The maximum Gasteiger partial charge on any atom is 0.220 e. The van der Waals surface area contributed by atoms with Crippen molar-refractivity contribution in [3.05, 3.63) is 12.2 Å². The molecule has 9 N–H and O–H groups in total. The number of aliphatic hydroxyl groups is 8. The number of carbonyl (C=O) groups is 1. The zero-order valence-corrected chi connectivity index (χ0v) is 37.2. The van der Waals surface area contributed by atoms with Gasteiger partial charge in [-0.3, -0.25) is 4.79 Å². The number of rotatable bonds is 36. The summed E-state index contributed by atoms with van der Waals surface area (Å²) in [4.78, 5) is 13.1. The lowest BCUT2D eigenvalue weighted by Gasteiger charge is -2.46. The smallest absolute Gasteiger partial charge is 0.220 e. The Kier molecular flexibility index (Phi) is 31.3. The van der Waals surface area contributed by atoms with E-state index in [-0.39, 0.29) is 18.9 Å². The predicted molar refractivity (Wildman–Crippen MR) is 231 cm³/mol. The van der Waals surface area contributed by atoms with Crippen LogP contribution in [0.15, 0.2) is 12.2 Å². The summed E-state index contributed by atoms with van der Waals surface area (Å²) in [6.07, 6.45) is 16.9. The van der Waals surface area contributed by atoms with Crippen LogP contribution < -0.4 is 5.32 Å². The third kappa shape index (κ3) is 21.9. The van der Waals surface area contributed by atoms with E-state index in [4.69, 9.17) is 18.9 Å². The Morgan fingerprint density at radius 1 is 0.583 bits per heavy atom. The van der Waals surface area contributed by atoms with Gasteiger partial charge in [0.05, 0.1) is 32.0 Å². The van der Waals surface area contributed by atoms with Crippen molar-refractivity contribution in [2.24, 2.45) is 0 Å². The number of unbranched alkanes of at least 4 members (excludes halogenated alkanes) is 23. The van der Waals surface area contributed by atoms with E-state index in [1.165, 1.54) is 116 Å². The summed E-state index contributed by atoms with van der Waals surface area (Å²) in [5.41, 5.74) is 0. The molecular weight excluding hydrogens is 774 g/mol. The molecule has 0 aromatic carbocycles. The number of carbonyl (C=O) groups excluding carboxylic acids is 1. The maximum atomic E-state index is 13.1. The number of hydrogen-bond acceptors (Lipinski definition) is 13. The largest absolute Gasteiger partial charge is 0.394 e. The van der Waals surface area contributed by atoms with Crippen LogP contribution in [0.5, 0.6) is 0 Å². The standard InChI is InChI=1S/C46H87NO13/c1-3-5-7-9-11-13-14-15-16-17-18-19-20-22-23-25-27-29-35(50)34(47-38(51)30-28-26-24-21-12-10-8-6-4-2)33-57-45-43(56)41(54)44(37(32-49)59-45)60-46-42(55)40(53)39(52)36(31-48)58-46/h27,29,34-37,39-46,48-50,52-56H,3-26,28,30-33H2,1-2H3,(H,47,51)/b29-27+. The van der Waals surface area contributed by atoms with Gasteiger partial charge in [-0.15, -0.1) is 0 Å². The van der Waals surface area contributed by atoms with Crippen LogP contribution in [0.4, 0.5) is 0 Å². The summed E-state index contributed by atoms with van der Waals surface area (Å²) in [7, 11) is 0. The Morgan fingerprint density at radius 2 is 1.03 bits per heavy atom. The van der Waals surface area contributed by atoms with Crippen molar-refractivity contribution in [1.29, 1.82) is 0 Å². The van der Waals surface area contributed by atoms with Crippen LogP contribution in [0.25, 0.3) is 0 Å². The molecule has 2 aliphatic rings. The lowest BCUT2D eigenvalue weighted by molar-refractivity contribution is -0.359. The second-order valence-electron chi connectivity index (χ2n) is 17.2. The van der Waals surface area contributed by atoms with E-state index in [1.807, 2.05) is 6.08 Å². The fraction of sp³-hybridized carbons (Fsp3) is 0.935. The Bertz CT molecular complexity index is 1070. The molecule has 2 heterocycles. The molecule has 2 saturated heterocycles. The summed E-state index contributed by atoms with van der Waals surface area (Å²) in [5.74, 6) is -0.243. The molecule has 0 radical (unpaired) electrons. The molecule has 2 aliphatic heterocycles. The molecule has 12 unspecified atom stereocenters. The van der Waals surface area contributed by atoms with Crippen molar-refractivity contribution in [1.82, 2.24) is 5.32 Å². The van der Waals surface area contributed by atoms with Crippen LogP contribution in [-0.4, -0.2) is 140 Å². The van der Waals surface area contributed by atoms with Crippen molar-refractivity contribution in [2.75, 3.05) is 19.8 Å². The van der Waals surface area contributed by atoms with Gasteiger partial charge in [0.25, 0.3) is 0 Å². The molecular formula is C46H87NO13. The zero-order chi connectivity index (χ0) is 44.0. The van der Waals surface area contributed by atoms with E-state index in [9.17, 15) is 45.6 Å². The highest BCUT2D eigenvalue weighted by molar-refractivity contribution is 5.76. The lowest BCUT2D eigenvalue weighted by Crippen LogP contribution is -2.65. The van der Waals surface area contributed by atoms with Gasteiger partial charge in [-0.1, -0.05) is 167 Å². The topological polar surface area (TPSA) is 228 Å². The first kappa shape index (κ1) is 54.9. The average molecular weight is 862 g/mol. The molecule has 354 valence electrons. The van der Waals surface area contributed by atoms with Gasteiger partial charge in [0.15, 0.2) is 12.6 Å². The minimum absolute atomic E-state index is 0.243. The molecule has 60 heavy (non-hydrogen) atoms. The highest BCUT2D eigenvalue weighted by Gasteiger charge is 2.51. The normalized spacial score (nSPS) is 28.3. The summed E-state index contributed by atoms with van der Waals surface area (Å²) in [6, 6.07) is -0.906. The van der Waals surface area contributed by atoms with Gasteiger partial charge in [-0.25, -0.2) is 0 Å². The molecule has 1 amide bonds. The molecule has 2 rings (SSSR count). The van der Waals surface area contributed by atoms with Gasteiger partial charge in [0.1, 0.15) is 48.8 Å². The Labute approximate surface area is 361 Å². The van der Waals surface area contributed by atoms with Crippen LogP contribution in [0.1, 0.15) is 181 Å². The number of aliphatic hydroxyl groups excluding tert-OH is 8. The van der Waals surface area contributed by atoms with E-state index in [2.05, 4.69) is 19.2 Å². The van der Waals surface area contributed by atoms with Gasteiger partial charge in [-0.2, -0.15) is 0 Å². The van der Waals surface area contributed by atoms with Crippen LogP contribution >= 0.6 is 0 Å². The first-order chi connectivity index (χ1) is 29.1. The van der Waals surface area contributed by atoms with E-state index < -0.39 is 86.8 Å². The van der Waals surface area contributed by atoms with E-state index >= 15 is 0 Å². The number of allylic oxidation sites excluding steroid dienone is 1. The van der Waals surface area contributed by atoms with Crippen molar-refractivity contribution in [3.8, 4) is 0 Å². The molecule has 0 aliphatic carbocycles. The quantitative estimate of drug-likeness (QED) is 0.0292. The monoisotopic (exact) mass is 862 g/mol. The number of hydrogen-bond donors (Lipinski definition) is 9. The highest BCUT2D eigenvalue weighted by atomic mass is 16.7. The van der Waals surface area contributed by atoms with Gasteiger partial charge < -0.3 is 65.1 Å². The van der Waals surface area contributed by atoms with Gasteiger partial charge >= 0.3 is 0 Å². The predicted octanol–water partition coefficient (Wildman–Crippen LogP) is 5.21. The third-order valence-electron chi connectivity index (χ3n) is 12.0. The van der Waals surface area contributed by atoms with Crippen LogP contribution in [-0.2, 0) is 23.7 Å². The molecule has 0 aromatic heterocycles. The Hall–Kier alpha value is -1.27. The van der Waals surface area contributed by atoms with E-state index in [0.717, 1.165) is 38.5 Å². The van der Waals surface area contributed by atoms with Crippen LogP contribution in [0.3, 0.4) is 0 Å². The molecule has 14 heteroatoms. The molecule has 2 fully saturated rings. The SMILES string of the molecule is CCCCCCCCCCCCCCCCC/C=C/C(O)C(COC1OC(CO)C(OC2OC(CO)C(O)C(O)C2O)C(O)C1O)NC(=O)CCCCCCCCCCC. The van der Waals surface area contributed by atoms with Crippen molar-refractivity contribution >= 4 is 5.91 Å². The summed E-state index contributed by atoms with van der Waals surface area (Å²) < 4.78 is 22.6. The first-order valence-corrected chi connectivity index (χ1v) is 23.9. The third-order valence-corrected chi connectivity index (χ3v) is 12.0. The van der Waals surface area contributed by atoms with E-state index in [1.54, 1.807) is 6.08 Å². The Morgan fingerprint density at radius 3 is 1.53 bits per heavy atom. The van der Waals surface area contributed by atoms with Crippen molar-refractivity contribution < 1.29 is 64.6 Å². The number of amides is 1. The molecule has 0 aromatic rings. The summed E-state index contributed by atoms with van der Waals surface area (Å²) in [6.45, 7) is 2.75. The Balaban J connectivity index is 1.86. The molecule has 0 spiro atoms. The minimum atomic E-state index is -1.78. The first-order valence-electron chi connectivity index (χ1n) is 23.9. The number of ether oxygens (including phenoxy) is 4. The summed E-state index contributed by atoms with van der Waals surface area (Å²) in [5, 5.41) is 86.4. The minimum Gasteiger partial charge on any atom is -0.394 e. The molecule has 0 bridgehead atoms. The summed E-state index contributed by atoms with van der Waals surface area (Å²) >= 11 is 0. The fourth-order valence-electron chi connectivity index (χ4n) is 8.00. The lowest BCUT2D eigenvalue weighted by atomic mass is 9.97. The second kappa shape index (κ2) is 34.2. The van der Waals surface area contributed by atoms with Crippen molar-refractivity contribution in [3.63, 3.8) is 0 Å². The zero-order valence-electron chi connectivity index (χ0n) is 37.2. The average Bonchev–Trinajstić information content (AvgIpc) is 3.24. The molecule has 14 nitrogen and oxygen atoms in total. The number of nitrogens with one attached hydrogen (secondary N) is 1. The van der Waals surface area contributed by atoms with Crippen LogP contribution in [0.2, 0.25) is 0 Å². The second-order valence-corrected chi connectivity index (χ2v) is 17.2.